The molecule has 0 aliphatic rings. The number of hydrogen-bond acceptors (Lipinski definition) is 5. The van der Waals surface area contributed by atoms with Crippen molar-refractivity contribution < 1.29 is 17.6 Å². The van der Waals surface area contributed by atoms with Gasteiger partial charge in [0.2, 0.25) is 10.0 Å². The monoisotopic (exact) mass is 436 g/mol. The number of thiophene rings is 1. The molecule has 28 heavy (non-hydrogen) atoms. The van der Waals surface area contributed by atoms with E-state index in [1.54, 1.807) is 35.2 Å². The number of nitrogens with one attached hydrogen (secondary N) is 2. The molecule has 2 N–H and O–H groups in total. The molecule has 146 valence electrons. The maximum absolute atomic E-state index is 13.8. The first-order valence-corrected chi connectivity index (χ1v) is 11.9. The van der Waals surface area contributed by atoms with Crippen molar-refractivity contribution in [1.29, 1.82) is 0 Å². The van der Waals surface area contributed by atoms with Crippen LogP contribution in [0.4, 0.5) is 15.8 Å². The summed E-state index contributed by atoms with van der Waals surface area (Å²) in [6.07, 6.45) is 0.929. The molecule has 0 saturated heterocycles. The third kappa shape index (κ3) is 5.57. The first kappa shape index (κ1) is 20.4. The molecule has 5 nitrogen and oxygen atoms in total. The molecular formula is C19H17FN2O3S3. The normalized spacial score (nSPS) is 11.2. The van der Waals surface area contributed by atoms with Gasteiger partial charge in [-0.15, -0.1) is 23.1 Å². The molecule has 0 radical (unpaired) electrons. The second kappa shape index (κ2) is 8.76. The SMILES string of the molecule is CS(=O)(=O)Nc1cc(NC(=O)c2ccccc2SCc2cccs2)ccc1F. The maximum Gasteiger partial charge on any atom is 0.256 e. The molecule has 0 unspecified atom stereocenters. The Kier molecular flexibility index (Phi) is 6.38. The number of rotatable bonds is 7. The van der Waals surface area contributed by atoms with E-state index in [4.69, 9.17) is 0 Å². The molecule has 0 saturated carbocycles. The second-order valence-corrected chi connectivity index (χ2v) is 9.69. The average molecular weight is 437 g/mol. The number of carbonyl (C=O) groups excluding carboxylic acids is 1. The van der Waals surface area contributed by atoms with Gasteiger partial charge in [-0.2, -0.15) is 0 Å². The number of sulfonamides is 1. The molecule has 0 aliphatic heterocycles. The number of thioether (sulfide) groups is 1. The molecule has 0 spiro atoms. The molecule has 1 aromatic heterocycles. The van der Waals surface area contributed by atoms with Crippen LogP contribution >= 0.6 is 23.1 Å². The number of benzene rings is 2. The van der Waals surface area contributed by atoms with Crippen LogP contribution in [0.5, 0.6) is 0 Å². The van der Waals surface area contributed by atoms with Gasteiger partial charge >= 0.3 is 0 Å². The van der Waals surface area contributed by atoms with Gasteiger partial charge in [-0.3, -0.25) is 9.52 Å². The molecular weight excluding hydrogens is 419 g/mol. The van der Waals surface area contributed by atoms with Crippen molar-refractivity contribution in [2.24, 2.45) is 0 Å². The summed E-state index contributed by atoms with van der Waals surface area (Å²) in [5.74, 6) is -0.331. The smallest absolute Gasteiger partial charge is 0.256 e. The minimum absolute atomic E-state index is 0.222. The maximum atomic E-state index is 13.8. The Morgan fingerprint density at radius 1 is 1.14 bits per heavy atom. The molecule has 0 aliphatic carbocycles. The van der Waals surface area contributed by atoms with Gasteiger partial charge in [-0.05, 0) is 41.8 Å². The fourth-order valence-electron chi connectivity index (χ4n) is 2.40. The lowest BCUT2D eigenvalue weighted by molar-refractivity contribution is 0.102. The lowest BCUT2D eigenvalue weighted by Crippen LogP contribution is -2.14. The molecule has 3 aromatic rings. The fraction of sp³-hybridized carbons (Fsp3) is 0.105. The van der Waals surface area contributed by atoms with E-state index in [-0.39, 0.29) is 17.3 Å². The van der Waals surface area contributed by atoms with Gasteiger partial charge in [0, 0.05) is 21.2 Å². The van der Waals surface area contributed by atoms with E-state index in [0.717, 1.165) is 23.0 Å². The largest absolute Gasteiger partial charge is 0.322 e. The zero-order valence-corrected chi connectivity index (χ0v) is 17.3. The van der Waals surface area contributed by atoms with Crippen LogP contribution in [0.2, 0.25) is 0 Å². The van der Waals surface area contributed by atoms with E-state index in [0.29, 0.717) is 5.56 Å². The summed E-state index contributed by atoms with van der Waals surface area (Å²) in [5, 5.41) is 4.70. The Labute approximate surface area is 171 Å². The van der Waals surface area contributed by atoms with Crippen molar-refractivity contribution in [2.45, 2.75) is 10.6 Å². The van der Waals surface area contributed by atoms with E-state index in [1.165, 1.54) is 17.0 Å². The molecule has 9 heteroatoms. The minimum atomic E-state index is -3.64. The van der Waals surface area contributed by atoms with E-state index >= 15 is 0 Å². The molecule has 0 atom stereocenters. The van der Waals surface area contributed by atoms with Gasteiger partial charge in [-0.25, -0.2) is 12.8 Å². The average Bonchev–Trinajstić information content (AvgIpc) is 3.15. The van der Waals surface area contributed by atoms with Crippen molar-refractivity contribution >= 4 is 50.4 Å². The van der Waals surface area contributed by atoms with Crippen LogP contribution in [0, 0.1) is 5.82 Å². The van der Waals surface area contributed by atoms with Crippen LogP contribution in [-0.2, 0) is 15.8 Å². The number of carbonyl (C=O) groups is 1. The van der Waals surface area contributed by atoms with Crippen molar-refractivity contribution in [3.63, 3.8) is 0 Å². The summed E-state index contributed by atoms with van der Waals surface area (Å²) in [5.41, 5.74) is 0.558. The van der Waals surface area contributed by atoms with Gasteiger partial charge in [0.15, 0.2) is 0 Å². The van der Waals surface area contributed by atoms with Crippen molar-refractivity contribution in [3.05, 3.63) is 76.2 Å². The summed E-state index contributed by atoms with van der Waals surface area (Å²) in [6, 6.07) is 15.0. The summed E-state index contributed by atoms with van der Waals surface area (Å²) in [7, 11) is -3.64. The van der Waals surface area contributed by atoms with Gasteiger partial charge in [0.05, 0.1) is 17.5 Å². The van der Waals surface area contributed by atoms with Crippen LogP contribution in [-0.4, -0.2) is 20.6 Å². The molecule has 1 amide bonds. The van der Waals surface area contributed by atoms with Gasteiger partial charge < -0.3 is 5.32 Å². The van der Waals surface area contributed by atoms with E-state index in [2.05, 4.69) is 10.0 Å². The summed E-state index contributed by atoms with van der Waals surface area (Å²) < 4.78 is 38.6. The van der Waals surface area contributed by atoms with E-state index in [9.17, 15) is 17.6 Å². The fourth-order valence-corrected chi connectivity index (χ4v) is 4.78. The predicted molar refractivity (Wildman–Crippen MR) is 113 cm³/mol. The number of anilines is 2. The van der Waals surface area contributed by atoms with E-state index in [1.807, 2.05) is 29.6 Å². The van der Waals surface area contributed by atoms with Crippen molar-refractivity contribution in [1.82, 2.24) is 0 Å². The Balaban J connectivity index is 1.77. The zero-order chi connectivity index (χ0) is 20.1. The van der Waals surface area contributed by atoms with Gasteiger partial charge in [-0.1, -0.05) is 18.2 Å². The number of hydrogen-bond donors (Lipinski definition) is 2. The van der Waals surface area contributed by atoms with Crippen LogP contribution < -0.4 is 10.0 Å². The Morgan fingerprint density at radius 2 is 1.93 bits per heavy atom. The van der Waals surface area contributed by atoms with Crippen LogP contribution in [0.25, 0.3) is 0 Å². The third-order valence-electron chi connectivity index (χ3n) is 3.60. The molecule has 0 fully saturated rings. The third-order valence-corrected chi connectivity index (χ3v) is 6.37. The minimum Gasteiger partial charge on any atom is -0.322 e. The lowest BCUT2D eigenvalue weighted by Gasteiger charge is -2.11. The van der Waals surface area contributed by atoms with Gasteiger partial charge in [0.1, 0.15) is 5.82 Å². The van der Waals surface area contributed by atoms with Crippen LogP contribution in [0.15, 0.2) is 64.9 Å². The Morgan fingerprint density at radius 3 is 2.64 bits per heavy atom. The highest BCUT2D eigenvalue weighted by molar-refractivity contribution is 7.98. The molecule has 2 aromatic carbocycles. The van der Waals surface area contributed by atoms with Crippen LogP contribution in [0.1, 0.15) is 15.2 Å². The van der Waals surface area contributed by atoms with Crippen molar-refractivity contribution in [2.75, 3.05) is 16.3 Å². The van der Waals surface area contributed by atoms with E-state index < -0.39 is 15.8 Å². The Bertz CT molecular complexity index is 1080. The summed E-state index contributed by atoms with van der Waals surface area (Å²) in [6.45, 7) is 0. The summed E-state index contributed by atoms with van der Waals surface area (Å²) >= 11 is 3.21. The highest BCUT2D eigenvalue weighted by Gasteiger charge is 2.14. The molecule has 3 rings (SSSR count). The van der Waals surface area contributed by atoms with Crippen LogP contribution in [0.3, 0.4) is 0 Å². The number of amides is 1. The Hall–Kier alpha value is -2.36. The first-order valence-electron chi connectivity index (χ1n) is 8.15. The number of halogens is 1. The lowest BCUT2D eigenvalue weighted by atomic mass is 10.2. The zero-order valence-electron chi connectivity index (χ0n) is 14.8. The van der Waals surface area contributed by atoms with Crippen molar-refractivity contribution in [3.8, 4) is 0 Å². The topological polar surface area (TPSA) is 75.3 Å². The highest BCUT2D eigenvalue weighted by Crippen LogP contribution is 2.29. The second-order valence-electron chi connectivity index (χ2n) is 5.89. The quantitative estimate of drug-likeness (QED) is 0.522. The highest BCUT2D eigenvalue weighted by atomic mass is 32.2. The van der Waals surface area contributed by atoms with Gasteiger partial charge in [0.25, 0.3) is 5.91 Å². The molecule has 0 bridgehead atoms. The molecule has 1 heterocycles. The predicted octanol–water partition coefficient (Wildman–Crippen LogP) is 4.80. The first-order chi connectivity index (χ1) is 13.3. The standard InChI is InChI=1S/C19H17FN2O3S3/c1-28(24,25)22-17-11-13(8-9-16(17)20)21-19(23)15-6-2-3-7-18(15)27-12-14-5-4-10-26-14/h2-11,22H,12H2,1H3,(H,21,23). The summed E-state index contributed by atoms with van der Waals surface area (Å²) in [4.78, 5) is 14.8.